The zero-order chi connectivity index (χ0) is 13.5. The van der Waals surface area contributed by atoms with Crippen LogP contribution in [0, 0.1) is 11.7 Å². The predicted octanol–water partition coefficient (Wildman–Crippen LogP) is 3.62. The van der Waals surface area contributed by atoms with Gasteiger partial charge in [-0.3, -0.25) is 0 Å². The molecule has 0 amide bonds. The molecule has 2 atom stereocenters. The lowest BCUT2D eigenvalue weighted by molar-refractivity contribution is 0.118. The number of aliphatic hydroxyl groups excluding tert-OH is 1. The van der Waals surface area contributed by atoms with E-state index in [4.69, 9.17) is 0 Å². The number of rotatable bonds is 2. The van der Waals surface area contributed by atoms with E-state index in [1.165, 1.54) is 12.1 Å². The number of piperidine rings is 1. The molecule has 2 unspecified atom stereocenters. The third kappa shape index (κ3) is 4.57. The lowest BCUT2D eigenvalue weighted by Gasteiger charge is -2.36. The highest BCUT2D eigenvalue weighted by Crippen LogP contribution is 2.32. The highest BCUT2D eigenvalue weighted by Gasteiger charge is 2.28. The minimum absolute atomic E-state index is 0.197. The summed E-state index contributed by atoms with van der Waals surface area (Å²) in [5.74, 6) is 0.434. The molecule has 2 nitrogen and oxygen atoms in total. The van der Waals surface area contributed by atoms with Crippen molar-refractivity contribution in [2.75, 3.05) is 26.7 Å². The van der Waals surface area contributed by atoms with E-state index in [1.807, 2.05) is 12.1 Å². The second-order valence-electron chi connectivity index (χ2n) is 4.65. The van der Waals surface area contributed by atoms with Gasteiger partial charge in [0.25, 0.3) is 0 Å². The molecule has 1 aliphatic heterocycles. The van der Waals surface area contributed by atoms with Gasteiger partial charge in [0.2, 0.25) is 0 Å². The maximum Gasteiger partial charge on any atom is 0.123 e. The van der Waals surface area contributed by atoms with Gasteiger partial charge in [-0.25, -0.2) is 4.39 Å². The van der Waals surface area contributed by atoms with Crippen molar-refractivity contribution in [1.82, 2.24) is 4.90 Å². The van der Waals surface area contributed by atoms with Gasteiger partial charge in [0, 0.05) is 56.3 Å². The Hall–Kier alpha value is 0.530. The van der Waals surface area contributed by atoms with E-state index in [9.17, 15) is 9.50 Å². The molecule has 1 N–H and O–H groups in total. The lowest BCUT2D eigenvalue weighted by Crippen LogP contribution is -2.38. The summed E-state index contributed by atoms with van der Waals surface area (Å²) < 4.78 is 12.8. The first kappa shape index (κ1) is 16.6. The quantitative estimate of drug-likeness (QED) is 0.659. The molecule has 0 aliphatic carbocycles. The van der Waals surface area contributed by atoms with E-state index in [0.717, 1.165) is 25.1 Å². The van der Waals surface area contributed by atoms with Crippen molar-refractivity contribution >= 4 is 37.2 Å². The van der Waals surface area contributed by atoms with Gasteiger partial charge in [-0.1, -0.05) is 12.1 Å². The Balaban J connectivity index is 0.000000771. The fraction of sp³-hybridized carbons (Fsp3) is 0.538. The summed E-state index contributed by atoms with van der Waals surface area (Å²) in [5.41, 5.74) is 1.15. The molecule has 5 heteroatoms. The number of halogens is 3. The van der Waals surface area contributed by atoms with Gasteiger partial charge in [0.1, 0.15) is 5.82 Å². The summed E-state index contributed by atoms with van der Waals surface area (Å²) in [6.45, 7) is 2.16. The van der Waals surface area contributed by atoms with Gasteiger partial charge in [-0.15, -0.1) is 0 Å². The smallest absolute Gasteiger partial charge is 0.123 e. The highest BCUT2D eigenvalue weighted by atomic mass is 128. The Bertz CT molecular complexity index is 347. The Kier molecular flexibility index (Phi) is 7.97. The number of aliphatic hydroxyl groups is 1. The minimum atomic E-state index is -0.197. The van der Waals surface area contributed by atoms with E-state index < -0.39 is 0 Å². The molecular formula is C13H18FI2NO. The van der Waals surface area contributed by atoms with E-state index in [0.29, 0.717) is 5.92 Å². The third-order valence-electron chi connectivity index (χ3n) is 3.47. The molecule has 1 heterocycles. The van der Waals surface area contributed by atoms with Crippen molar-refractivity contribution in [2.45, 2.75) is 12.3 Å². The number of likely N-dealkylation sites (tertiary alicyclic amines) is 1. The Morgan fingerprint density at radius 1 is 1.33 bits per heavy atom. The number of hydrogen-bond acceptors (Lipinski definition) is 2. The van der Waals surface area contributed by atoms with E-state index in [-0.39, 0.29) is 18.3 Å². The number of hydrogen-bond donors (Lipinski definition) is 1. The van der Waals surface area contributed by atoms with Crippen LogP contribution < -0.4 is 0 Å². The van der Waals surface area contributed by atoms with Crippen LogP contribution in [0.15, 0.2) is 24.3 Å². The van der Waals surface area contributed by atoms with E-state index in [1.54, 1.807) is 0 Å². The first-order valence-corrected chi connectivity index (χ1v) is 12.2. The molecule has 1 saturated heterocycles. The van der Waals surface area contributed by atoms with Crippen LogP contribution in [-0.2, 0) is 0 Å². The molecule has 1 aromatic carbocycles. The van der Waals surface area contributed by atoms with Crippen molar-refractivity contribution in [3.05, 3.63) is 35.6 Å². The highest BCUT2D eigenvalue weighted by molar-refractivity contribution is 15.0. The van der Waals surface area contributed by atoms with Gasteiger partial charge < -0.3 is 10.0 Å². The van der Waals surface area contributed by atoms with Crippen LogP contribution in [0.5, 0.6) is 0 Å². The Morgan fingerprint density at radius 2 is 1.94 bits per heavy atom. The van der Waals surface area contributed by atoms with Gasteiger partial charge in [0.05, 0.1) is 0 Å². The molecule has 0 saturated carbocycles. The van der Waals surface area contributed by atoms with Gasteiger partial charge in [-0.05, 0) is 43.6 Å². The largest absolute Gasteiger partial charge is 0.396 e. The van der Waals surface area contributed by atoms with E-state index in [2.05, 4.69) is 49.2 Å². The van der Waals surface area contributed by atoms with Crippen molar-refractivity contribution in [2.24, 2.45) is 5.92 Å². The van der Waals surface area contributed by atoms with E-state index >= 15 is 0 Å². The van der Waals surface area contributed by atoms with Crippen LogP contribution in [0.1, 0.15) is 17.9 Å². The minimum Gasteiger partial charge on any atom is -0.396 e. The van der Waals surface area contributed by atoms with Crippen LogP contribution in [0.3, 0.4) is 0 Å². The molecule has 1 aliphatic rings. The van der Waals surface area contributed by atoms with Crippen molar-refractivity contribution in [3.63, 3.8) is 0 Å². The fourth-order valence-corrected chi connectivity index (χ4v) is 2.55. The lowest BCUT2D eigenvalue weighted by atomic mass is 9.81. The summed E-state index contributed by atoms with van der Waals surface area (Å²) in [6.07, 6.45) is 1.04. The van der Waals surface area contributed by atoms with Crippen molar-refractivity contribution in [3.8, 4) is 0 Å². The number of nitrogens with zero attached hydrogens (tertiary/aromatic N) is 1. The normalized spacial score (nSPS) is 24.3. The monoisotopic (exact) mass is 477 g/mol. The van der Waals surface area contributed by atoms with Crippen LogP contribution in [0.4, 0.5) is 4.39 Å². The van der Waals surface area contributed by atoms with Crippen LogP contribution >= 0.6 is 37.2 Å². The Morgan fingerprint density at radius 3 is 2.50 bits per heavy atom. The third-order valence-corrected chi connectivity index (χ3v) is 3.47. The number of benzene rings is 1. The van der Waals surface area contributed by atoms with Crippen LogP contribution in [0.2, 0.25) is 0 Å². The summed E-state index contributed by atoms with van der Waals surface area (Å²) in [7, 11) is 2.07. The average Bonchev–Trinajstić information content (AvgIpc) is 2.42. The maximum atomic E-state index is 12.8. The fourth-order valence-electron chi connectivity index (χ4n) is 2.55. The molecule has 102 valence electrons. The van der Waals surface area contributed by atoms with Gasteiger partial charge in [0.15, 0.2) is 0 Å². The summed E-state index contributed by atoms with van der Waals surface area (Å²) in [6, 6.07) is 6.69. The summed E-state index contributed by atoms with van der Waals surface area (Å²) >= 11 is 4.24. The second kappa shape index (κ2) is 8.65. The zero-order valence-corrected chi connectivity index (χ0v) is 14.6. The summed E-state index contributed by atoms with van der Waals surface area (Å²) in [4.78, 5) is 2.24. The van der Waals surface area contributed by atoms with Crippen LogP contribution in [-0.4, -0.2) is 36.8 Å². The molecule has 0 aromatic heterocycles. The molecule has 2 rings (SSSR count). The Labute approximate surface area is 131 Å². The molecule has 18 heavy (non-hydrogen) atoms. The van der Waals surface area contributed by atoms with Crippen molar-refractivity contribution < 1.29 is 9.50 Å². The standard InChI is InChI=1S/C13H18FNO.I2/c1-15-7-6-13(11(8-15)9-16)10-2-4-12(14)5-3-10;1-2/h2-5,11,13,16H,6-9H2,1H3;. The first-order chi connectivity index (χ1) is 8.70. The second-order valence-corrected chi connectivity index (χ2v) is 4.65. The average molecular weight is 477 g/mol. The molecule has 0 spiro atoms. The van der Waals surface area contributed by atoms with Crippen LogP contribution in [0.25, 0.3) is 0 Å². The maximum absolute atomic E-state index is 12.8. The SMILES string of the molecule is CN1CCC(c2ccc(F)cc2)C(CO)C1.II. The van der Waals surface area contributed by atoms with Gasteiger partial charge >= 0.3 is 0 Å². The molecule has 0 bridgehead atoms. The first-order valence-electron chi connectivity index (χ1n) is 5.90. The van der Waals surface area contributed by atoms with Gasteiger partial charge in [-0.2, -0.15) is 0 Å². The van der Waals surface area contributed by atoms with Crippen molar-refractivity contribution in [1.29, 1.82) is 0 Å². The zero-order valence-electron chi connectivity index (χ0n) is 10.3. The molecule has 1 aromatic rings. The topological polar surface area (TPSA) is 23.5 Å². The summed E-state index contributed by atoms with van der Waals surface area (Å²) in [5, 5.41) is 9.39. The molecular weight excluding hydrogens is 459 g/mol. The molecule has 0 radical (unpaired) electrons. The molecule has 1 fully saturated rings. The predicted molar refractivity (Wildman–Crippen MR) is 89.9 cm³/mol.